The lowest BCUT2D eigenvalue weighted by Crippen LogP contribution is -2.44. The van der Waals surface area contributed by atoms with Crippen LogP contribution in [0.2, 0.25) is 0 Å². The fourth-order valence-corrected chi connectivity index (χ4v) is 3.53. The highest BCUT2D eigenvalue weighted by Crippen LogP contribution is 2.27. The van der Waals surface area contributed by atoms with E-state index in [1.165, 1.54) is 16.7 Å². The molecule has 108 valence electrons. The van der Waals surface area contributed by atoms with Gasteiger partial charge in [0.15, 0.2) is 0 Å². The monoisotopic (exact) mass is 272 g/mol. The van der Waals surface area contributed by atoms with Crippen molar-refractivity contribution in [3.63, 3.8) is 0 Å². The van der Waals surface area contributed by atoms with Crippen LogP contribution >= 0.6 is 0 Å². The fraction of sp³-hybridized carbons (Fsp3) is 0.588. The molecule has 2 heterocycles. The molecule has 2 saturated heterocycles. The maximum atomic E-state index is 12.5. The molecule has 3 heteroatoms. The Bertz CT molecular complexity index is 512. The van der Waals surface area contributed by atoms with E-state index in [1.54, 1.807) is 0 Å². The predicted octanol–water partition coefficient (Wildman–Crippen LogP) is 1.91. The Morgan fingerprint density at radius 3 is 2.95 bits per heavy atom. The third-order valence-electron chi connectivity index (χ3n) is 4.90. The molecule has 2 aliphatic rings. The lowest BCUT2D eigenvalue weighted by atomic mass is 9.88. The van der Waals surface area contributed by atoms with Gasteiger partial charge in [-0.3, -0.25) is 4.79 Å². The van der Waals surface area contributed by atoms with Crippen LogP contribution in [0.3, 0.4) is 0 Å². The summed E-state index contributed by atoms with van der Waals surface area (Å²) in [5.74, 6) is 1.76. The molecule has 2 unspecified atom stereocenters. The van der Waals surface area contributed by atoms with Gasteiger partial charge in [0.1, 0.15) is 0 Å². The third kappa shape index (κ3) is 2.73. The first-order valence-electron chi connectivity index (χ1n) is 7.68. The second-order valence-corrected chi connectivity index (χ2v) is 6.41. The zero-order valence-electron chi connectivity index (χ0n) is 12.5. The van der Waals surface area contributed by atoms with Crippen molar-refractivity contribution in [2.24, 2.45) is 11.8 Å². The smallest absolute Gasteiger partial charge is 0.227 e. The molecule has 2 fully saturated rings. The van der Waals surface area contributed by atoms with Crippen LogP contribution in [0.1, 0.15) is 23.1 Å². The summed E-state index contributed by atoms with van der Waals surface area (Å²) in [7, 11) is 0. The van der Waals surface area contributed by atoms with Gasteiger partial charge in [-0.1, -0.05) is 23.8 Å². The highest BCUT2D eigenvalue weighted by atomic mass is 16.2. The molecule has 20 heavy (non-hydrogen) atoms. The van der Waals surface area contributed by atoms with E-state index in [-0.39, 0.29) is 0 Å². The predicted molar refractivity (Wildman–Crippen MR) is 80.7 cm³/mol. The molecule has 2 atom stereocenters. The van der Waals surface area contributed by atoms with E-state index in [9.17, 15) is 4.79 Å². The molecule has 0 spiro atoms. The number of piperidine rings is 1. The van der Waals surface area contributed by atoms with Crippen molar-refractivity contribution in [1.82, 2.24) is 10.2 Å². The van der Waals surface area contributed by atoms with E-state index in [1.807, 2.05) is 0 Å². The van der Waals surface area contributed by atoms with Gasteiger partial charge >= 0.3 is 0 Å². The molecule has 0 aromatic heterocycles. The van der Waals surface area contributed by atoms with Gasteiger partial charge in [0.05, 0.1) is 6.42 Å². The second-order valence-electron chi connectivity index (χ2n) is 6.41. The number of fused-ring (bicyclic) bond motifs is 1. The van der Waals surface area contributed by atoms with Crippen molar-refractivity contribution in [2.75, 3.05) is 26.2 Å². The summed E-state index contributed by atoms with van der Waals surface area (Å²) in [5, 5.41) is 3.45. The normalized spacial score (nSPS) is 25.6. The summed E-state index contributed by atoms with van der Waals surface area (Å²) in [4.78, 5) is 14.6. The largest absolute Gasteiger partial charge is 0.342 e. The van der Waals surface area contributed by atoms with Gasteiger partial charge in [0.25, 0.3) is 0 Å². The van der Waals surface area contributed by atoms with Gasteiger partial charge < -0.3 is 10.2 Å². The van der Waals surface area contributed by atoms with Gasteiger partial charge in [0, 0.05) is 13.1 Å². The minimum absolute atomic E-state index is 0.295. The molecule has 1 amide bonds. The summed E-state index contributed by atoms with van der Waals surface area (Å²) in [6, 6.07) is 6.38. The standard InChI is InChI=1S/C17H24N2O/c1-12-3-4-13(2)15(7-12)8-17(20)19-6-5-14-9-18-10-16(14)11-19/h3-4,7,14,16,18H,5-6,8-11H2,1-2H3. The van der Waals surface area contributed by atoms with Gasteiger partial charge in [-0.15, -0.1) is 0 Å². The number of carbonyl (C=O) groups is 1. The molecule has 1 aromatic rings. The summed E-state index contributed by atoms with van der Waals surface area (Å²) in [5.41, 5.74) is 3.64. The van der Waals surface area contributed by atoms with Crippen LogP contribution in [0.15, 0.2) is 18.2 Å². The molecule has 0 bridgehead atoms. The first-order chi connectivity index (χ1) is 9.63. The number of rotatable bonds is 2. The quantitative estimate of drug-likeness (QED) is 0.892. The van der Waals surface area contributed by atoms with Crippen LogP contribution in [-0.4, -0.2) is 37.0 Å². The molecule has 0 aliphatic carbocycles. The Kier molecular flexibility index (Phi) is 3.79. The van der Waals surface area contributed by atoms with Gasteiger partial charge in [-0.25, -0.2) is 0 Å². The first-order valence-corrected chi connectivity index (χ1v) is 7.68. The summed E-state index contributed by atoms with van der Waals surface area (Å²) in [6.07, 6.45) is 1.72. The number of likely N-dealkylation sites (tertiary alicyclic amines) is 1. The van der Waals surface area contributed by atoms with E-state index in [2.05, 4.69) is 42.3 Å². The molecule has 3 rings (SSSR count). The molecule has 1 N–H and O–H groups in total. The minimum atomic E-state index is 0.295. The zero-order chi connectivity index (χ0) is 14.1. The SMILES string of the molecule is Cc1ccc(C)c(CC(=O)N2CCC3CNCC3C2)c1. The lowest BCUT2D eigenvalue weighted by Gasteiger charge is -2.34. The zero-order valence-corrected chi connectivity index (χ0v) is 12.5. The Hall–Kier alpha value is -1.35. The van der Waals surface area contributed by atoms with E-state index < -0.39 is 0 Å². The van der Waals surface area contributed by atoms with Crippen LogP contribution in [-0.2, 0) is 11.2 Å². The number of amides is 1. The Labute approximate surface area is 121 Å². The minimum Gasteiger partial charge on any atom is -0.342 e. The van der Waals surface area contributed by atoms with Crippen molar-refractivity contribution < 1.29 is 4.79 Å². The van der Waals surface area contributed by atoms with E-state index in [0.29, 0.717) is 18.2 Å². The Morgan fingerprint density at radius 2 is 2.10 bits per heavy atom. The van der Waals surface area contributed by atoms with Crippen molar-refractivity contribution in [1.29, 1.82) is 0 Å². The van der Waals surface area contributed by atoms with E-state index in [0.717, 1.165) is 38.5 Å². The number of carbonyl (C=O) groups excluding carboxylic acids is 1. The number of aryl methyl sites for hydroxylation is 2. The molecule has 0 radical (unpaired) electrons. The Balaban J connectivity index is 1.65. The van der Waals surface area contributed by atoms with Crippen molar-refractivity contribution in [3.05, 3.63) is 34.9 Å². The van der Waals surface area contributed by atoms with Crippen LogP contribution in [0.5, 0.6) is 0 Å². The first kappa shape index (κ1) is 13.6. The van der Waals surface area contributed by atoms with Crippen LogP contribution in [0.4, 0.5) is 0 Å². The van der Waals surface area contributed by atoms with Gasteiger partial charge in [0.2, 0.25) is 5.91 Å². The van der Waals surface area contributed by atoms with E-state index in [4.69, 9.17) is 0 Å². The van der Waals surface area contributed by atoms with Crippen LogP contribution < -0.4 is 5.32 Å². The number of nitrogens with one attached hydrogen (secondary N) is 1. The number of hydrogen-bond acceptors (Lipinski definition) is 2. The summed E-state index contributed by atoms with van der Waals surface area (Å²) < 4.78 is 0. The average molecular weight is 272 g/mol. The molecule has 3 nitrogen and oxygen atoms in total. The van der Waals surface area contributed by atoms with Gasteiger partial charge in [-0.2, -0.15) is 0 Å². The average Bonchev–Trinajstić information content (AvgIpc) is 2.90. The number of hydrogen-bond donors (Lipinski definition) is 1. The molecule has 0 saturated carbocycles. The lowest BCUT2D eigenvalue weighted by molar-refractivity contribution is -0.132. The Morgan fingerprint density at radius 1 is 1.30 bits per heavy atom. The summed E-state index contributed by atoms with van der Waals surface area (Å²) >= 11 is 0. The molecular formula is C17H24N2O. The van der Waals surface area contributed by atoms with E-state index >= 15 is 0 Å². The van der Waals surface area contributed by atoms with Crippen LogP contribution in [0.25, 0.3) is 0 Å². The van der Waals surface area contributed by atoms with Crippen molar-refractivity contribution in [2.45, 2.75) is 26.7 Å². The van der Waals surface area contributed by atoms with Crippen LogP contribution in [0, 0.1) is 25.7 Å². The number of benzene rings is 1. The fourth-order valence-electron chi connectivity index (χ4n) is 3.53. The highest BCUT2D eigenvalue weighted by Gasteiger charge is 2.34. The maximum absolute atomic E-state index is 12.5. The topological polar surface area (TPSA) is 32.3 Å². The second kappa shape index (κ2) is 5.57. The number of nitrogens with zero attached hydrogens (tertiary/aromatic N) is 1. The highest BCUT2D eigenvalue weighted by molar-refractivity contribution is 5.79. The molecule has 1 aromatic carbocycles. The van der Waals surface area contributed by atoms with Crippen molar-refractivity contribution >= 4 is 5.91 Å². The van der Waals surface area contributed by atoms with Crippen molar-refractivity contribution in [3.8, 4) is 0 Å². The third-order valence-corrected chi connectivity index (χ3v) is 4.90. The summed E-state index contributed by atoms with van der Waals surface area (Å²) in [6.45, 7) is 8.29. The van der Waals surface area contributed by atoms with Gasteiger partial charge in [-0.05, 0) is 56.3 Å². The maximum Gasteiger partial charge on any atom is 0.227 e. The molecular weight excluding hydrogens is 248 g/mol. The molecule has 2 aliphatic heterocycles.